The minimum Gasteiger partial charge on any atom is -0.350 e. The van der Waals surface area contributed by atoms with Crippen LogP contribution in [-0.2, 0) is 0 Å². The molecule has 15 heavy (non-hydrogen) atoms. The first-order valence-electron chi connectivity index (χ1n) is 4.89. The number of rotatable bonds is 5. The Morgan fingerprint density at radius 2 is 2.40 bits per heavy atom. The van der Waals surface area contributed by atoms with Crippen molar-refractivity contribution in [3.05, 3.63) is 19.9 Å². The van der Waals surface area contributed by atoms with Crippen LogP contribution >= 0.6 is 33.9 Å². The van der Waals surface area contributed by atoms with E-state index in [4.69, 9.17) is 0 Å². The number of likely N-dealkylation sites (N-methyl/N-ethyl adjacent to an activating group) is 1. The number of carbonyl (C=O) groups is 1. The first-order valence-corrected chi connectivity index (χ1v) is 6.85. The molecule has 1 heterocycles. The molecule has 2 N–H and O–H groups in total. The molecule has 1 rings (SSSR count). The molecule has 0 fully saturated rings. The first-order chi connectivity index (χ1) is 7.13. The Kier molecular flexibility index (Phi) is 5.55. The van der Waals surface area contributed by atoms with E-state index in [0.29, 0.717) is 12.6 Å². The van der Waals surface area contributed by atoms with Crippen LogP contribution in [0.1, 0.15) is 24.2 Å². The highest BCUT2D eigenvalue weighted by Gasteiger charge is 2.08. The van der Waals surface area contributed by atoms with Crippen molar-refractivity contribution in [1.82, 2.24) is 10.6 Å². The third kappa shape index (κ3) is 4.48. The van der Waals surface area contributed by atoms with Gasteiger partial charge in [-0.15, -0.1) is 11.3 Å². The first kappa shape index (κ1) is 12.9. The predicted molar refractivity (Wildman–Crippen MR) is 72.5 cm³/mol. The molecule has 1 aromatic rings. The van der Waals surface area contributed by atoms with E-state index in [9.17, 15) is 4.79 Å². The van der Waals surface area contributed by atoms with E-state index in [1.54, 1.807) is 11.3 Å². The Bertz CT molecular complexity index is 327. The van der Waals surface area contributed by atoms with Crippen LogP contribution in [0.4, 0.5) is 0 Å². The summed E-state index contributed by atoms with van der Waals surface area (Å²) in [5.74, 6) is 0.0129. The van der Waals surface area contributed by atoms with Gasteiger partial charge in [-0.05, 0) is 42.1 Å². The molecule has 0 spiro atoms. The number of nitrogens with one attached hydrogen (secondary N) is 2. The molecule has 3 nitrogen and oxygen atoms in total. The van der Waals surface area contributed by atoms with Gasteiger partial charge >= 0.3 is 0 Å². The lowest BCUT2D eigenvalue weighted by Gasteiger charge is -2.12. The highest BCUT2D eigenvalue weighted by atomic mass is 127. The largest absolute Gasteiger partial charge is 0.350 e. The van der Waals surface area contributed by atoms with E-state index in [-0.39, 0.29) is 5.91 Å². The summed E-state index contributed by atoms with van der Waals surface area (Å²) in [6.45, 7) is 5.70. The molecule has 1 amide bonds. The Hall–Kier alpha value is -0.140. The van der Waals surface area contributed by atoms with Gasteiger partial charge in [-0.3, -0.25) is 4.79 Å². The van der Waals surface area contributed by atoms with Crippen LogP contribution in [0.3, 0.4) is 0 Å². The zero-order valence-electron chi connectivity index (χ0n) is 8.84. The summed E-state index contributed by atoms with van der Waals surface area (Å²) in [4.78, 5) is 11.6. The minimum atomic E-state index is 0.0129. The van der Waals surface area contributed by atoms with Crippen molar-refractivity contribution in [3.8, 4) is 0 Å². The van der Waals surface area contributed by atoms with E-state index in [1.807, 2.05) is 11.4 Å². The third-order valence-corrected chi connectivity index (χ3v) is 3.74. The number of hydrogen-bond acceptors (Lipinski definition) is 3. The van der Waals surface area contributed by atoms with E-state index in [0.717, 1.165) is 15.0 Å². The van der Waals surface area contributed by atoms with Gasteiger partial charge in [0.25, 0.3) is 5.91 Å². The highest BCUT2D eigenvalue weighted by molar-refractivity contribution is 14.1. The zero-order valence-corrected chi connectivity index (χ0v) is 11.8. The van der Waals surface area contributed by atoms with Crippen LogP contribution < -0.4 is 10.6 Å². The Morgan fingerprint density at radius 1 is 1.67 bits per heavy atom. The van der Waals surface area contributed by atoms with Crippen LogP contribution in [0.25, 0.3) is 0 Å². The Morgan fingerprint density at radius 3 is 2.93 bits per heavy atom. The van der Waals surface area contributed by atoms with Gasteiger partial charge in [0.2, 0.25) is 0 Å². The van der Waals surface area contributed by atoms with Crippen molar-refractivity contribution in [2.45, 2.75) is 19.9 Å². The fraction of sp³-hybridized carbons (Fsp3) is 0.500. The maximum absolute atomic E-state index is 11.6. The molecular formula is C10H15IN2OS. The lowest BCUT2D eigenvalue weighted by Crippen LogP contribution is -2.38. The van der Waals surface area contributed by atoms with Crippen molar-refractivity contribution < 1.29 is 4.79 Å². The number of carbonyl (C=O) groups excluding carboxylic acids is 1. The van der Waals surface area contributed by atoms with Crippen molar-refractivity contribution in [3.63, 3.8) is 0 Å². The van der Waals surface area contributed by atoms with Crippen molar-refractivity contribution >= 4 is 39.8 Å². The smallest absolute Gasteiger partial charge is 0.252 e. The molecule has 0 aliphatic carbocycles. The summed E-state index contributed by atoms with van der Waals surface area (Å²) in [5, 5.41) is 8.03. The summed E-state index contributed by atoms with van der Waals surface area (Å²) < 4.78 is 1.14. The van der Waals surface area contributed by atoms with E-state index in [2.05, 4.69) is 47.1 Å². The normalized spacial score (nSPS) is 12.5. The second kappa shape index (κ2) is 6.44. The molecule has 0 bridgehead atoms. The second-order valence-electron chi connectivity index (χ2n) is 3.31. The molecule has 84 valence electrons. The van der Waals surface area contributed by atoms with Gasteiger partial charge in [0.15, 0.2) is 0 Å². The van der Waals surface area contributed by atoms with Crippen LogP contribution in [0, 0.1) is 2.88 Å². The summed E-state index contributed by atoms with van der Waals surface area (Å²) in [6.07, 6.45) is 0. The number of amides is 1. The molecule has 0 aliphatic heterocycles. The zero-order chi connectivity index (χ0) is 11.3. The molecule has 0 radical (unpaired) electrons. The SMILES string of the molecule is CCN[C@H](C)CNC(=O)c1csc(I)c1. The van der Waals surface area contributed by atoms with Crippen LogP contribution in [0.2, 0.25) is 0 Å². The summed E-state index contributed by atoms with van der Waals surface area (Å²) in [7, 11) is 0. The molecule has 0 aliphatic rings. The topological polar surface area (TPSA) is 41.1 Å². The fourth-order valence-corrected chi connectivity index (χ4v) is 2.52. The molecule has 5 heteroatoms. The van der Waals surface area contributed by atoms with Crippen LogP contribution in [0.15, 0.2) is 11.4 Å². The number of halogens is 1. The van der Waals surface area contributed by atoms with Gasteiger partial charge in [0.05, 0.1) is 8.45 Å². The Labute approximate surface area is 108 Å². The molecule has 0 aromatic carbocycles. The lowest BCUT2D eigenvalue weighted by atomic mass is 10.3. The quantitative estimate of drug-likeness (QED) is 0.807. The minimum absolute atomic E-state index is 0.0129. The van der Waals surface area contributed by atoms with E-state index >= 15 is 0 Å². The molecule has 0 saturated carbocycles. The van der Waals surface area contributed by atoms with Crippen molar-refractivity contribution in [2.75, 3.05) is 13.1 Å². The van der Waals surface area contributed by atoms with Gasteiger partial charge in [-0.2, -0.15) is 0 Å². The number of hydrogen-bond donors (Lipinski definition) is 2. The Balaban J connectivity index is 2.36. The van der Waals surface area contributed by atoms with Gasteiger partial charge in [0, 0.05) is 18.0 Å². The summed E-state index contributed by atoms with van der Waals surface area (Å²) in [6, 6.07) is 2.22. The van der Waals surface area contributed by atoms with Gasteiger partial charge in [-0.25, -0.2) is 0 Å². The molecule has 0 unspecified atom stereocenters. The van der Waals surface area contributed by atoms with Crippen LogP contribution in [0.5, 0.6) is 0 Å². The van der Waals surface area contributed by atoms with Gasteiger partial charge in [-0.1, -0.05) is 6.92 Å². The fourth-order valence-electron chi connectivity index (χ4n) is 1.20. The third-order valence-electron chi connectivity index (χ3n) is 1.95. The van der Waals surface area contributed by atoms with Gasteiger partial charge in [0.1, 0.15) is 0 Å². The maximum atomic E-state index is 11.6. The molecule has 1 aromatic heterocycles. The lowest BCUT2D eigenvalue weighted by molar-refractivity contribution is 0.0950. The van der Waals surface area contributed by atoms with Crippen LogP contribution in [-0.4, -0.2) is 25.0 Å². The molecule has 0 saturated heterocycles. The van der Waals surface area contributed by atoms with Gasteiger partial charge < -0.3 is 10.6 Å². The maximum Gasteiger partial charge on any atom is 0.252 e. The second-order valence-corrected chi connectivity index (χ2v) is 6.11. The molecule has 1 atom stereocenters. The van der Waals surface area contributed by atoms with Crippen molar-refractivity contribution in [2.24, 2.45) is 0 Å². The summed E-state index contributed by atoms with van der Waals surface area (Å²) in [5.41, 5.74) is 0.757. The standard InChI is InChI=1S/C10H15IN2OS/c1-3-12-7(2)5-13-10(14)8-4-9(11)15-6-8/h4,6-7,12H,3,5H2,1-2H3,(H,13,14)/t7-/m1/s1. The highest BCUT2D eigenvalue weighted by Crippen LogP contribution is 2.16. The summed E-state index contributed by atoms with van der Waals surface area (Å²) >= 11 is 3.80. The molecular weight excluding hydrogens is 323 g/mol. The average molecular weight is 338 g/mol. The van der Waals surface area contributed by atoms with E-state index in [1.165, 1.54) is 0 Å². The monoisotopic (exact) mass is 338 g/mol. The van der Waals surface area contributed by atoms with Crippen molar-refractivity contribution in [1.29, 1.82) is 0 Å². The predicted octanol–water partition coefficient (Wildman–Crippen LogP) is 2.08. The number of thiophene rings is 1. The average Bonchev–Trinajstić information content (AvgIpc) is 2.62. The van der Waals surface area contributed by atoms with E-state index < -0.39 is 0 Å².